The van der Waals surface area contributed by atoms with Gasteiger partial charge < -0.3 is 14.8 Å². The first-order valence-electron chi connectivity index (χ1n) is 9.62. The normalized spacial score (nSPS) is 21.1. The van der Waals surface area contributed by atoms with Gasteiger partial charge in [0.05, 0.1) is 13.1 Å². The van der Waals surface area contributed by atoms with Gasteiger partial charge in [0, 0.05) is 29.3 Å². The molecule has 2 saturated heterocycles. The first kappa shape index (κ1) is 19.6. The predicted octanol–water partition coefficient (Wildman–Crippen LogP) is 3.03. The van der Waals surface area contributed by atoms with Crippen LogP contribution in [0.4, 0.5) is 10.5 Å². The van der Waals surface area contributed by atoms with Crippen molar-refractivity contribution in [2.45, 2.75) is 25.6 Å². The molecule has 7 nitrogen and oxygen atoms in total. The first-order chi connectivity index (χ1) is 14.1. The van der Waals surface area contributed by atoms with Gasteiger partial charge >= 0.3 is 6.09 Å². The van der Waals surface area contributed by atoms with Gasteiger partial charge in [0.15, 0.2) is 0 Å². The maximum Gasteiger partial charge on any atom is 0.414 e. The van der Waals surface area contributed by atoms with Gasteiger partial charge in [-0.25, -0.2) is 9.78 Å². The van der Waals surface area contributed by atoms with Crippen LogP contribution in [0, 0.1) is 6.92 Å². The van der Waals surface area contributed by atoms with Crippen molar-refractivity contribution in [2.75, 3.05) is 29.5 Å². The van der Waals surface area contributed by atoms with Crippen LogP contribution in [0.1, 0.15) is 22.3 Å². The van der Waals surface area contributed by atoms with Crippen LogP contribution in [0.15, 0.2) is 42.6 Å². The monoisotopic (exact) mass is 413 g/mol. The highest BCUT2D eigenvalue weighted by atomic mass is 32.2. The third-order valence-corrected chi connectivity index (χ3v) is 6.01. The van der Waals surface area contributed by atoms with Gasteiger partial charge in [0.2, 0.25) is 5.88 Å². The zero-order valence-corrected chi connectivity index (χ0v) is 17.0. The van der Waals surface area contributed by atoms with Crippen molar-refractivity contribution in [1.82, 2.24) is 10.3 Å². The number of ether oxygens (including phenoxy) is 2. The summed E-state index contributed by atoms with van der Waals surface area (Å²) in [6, 6.07) is 11.0. The summed E-state index contributed by atoms with van der Waals surface area (Å²) in [4.78, 5) is 30.4. The summed E-state index contributed by atoms with van der Waals surface area (Å²) in [6.07, 6.45) is 1.91. The number of thioether (sulfide) groups is 1. The molecule has 2 unspecified atom stereocenters. The SMILES string of the molecule is Cc1ccc(N2CC(CNC(=O)c3ccnc(OC4CCSC4)c3)OC2=O)cc1. The fraction of sp³-hybridized carbons (Fsp3) is 0.381. The average Bonchev–Trinajstić information content (AvgIpc) is 3.36. The molecular weight excluding hydrogens is 390 g/mol. The second-order valence-electron chi connectivity index (χ2n) is 7.15. The molecule has 0 saturated carbocycles. The van der Waals surface area contributed by atoms with E-state index < -0.39 is 12.2 Å². The Morgan fingerprint density at radius 3 is 2.93 bits per heavy atom. The standard InChI is InChI=1S/C21H23N3O4S/c1-14-2-4-16(5-3-14)24-12-18(28-21(24)26)11-23-20(25)15-6-8-22-19(10-15)27-17-7-9-29-13-17/h2-6,8,10,17-18H,7,9,11-13H2,1H3,(H,23,25). The highest BCUT2D eigenvalue weighted by molar-refractivity contribution is 7.99. The van der Waals surface area contributed by atoms with Crippen LogP contribution in [-0.4, -0.2) is 53.8 Å². The lowest BCUT2D eigenvalue weighted by Crippen LogP contribution is -2.34. The fourth-order valence-corrected chi connectivity index (χ4v) is 4.36. The van der Waals surface area contributed by atoms with E-state index in [4.69, 9.17) is 9.47 Å². The number of nitrogens with one attached hydrogen (secondary N) is 1. The Morgan fingerprint density at radius 1 is 1.34 bits per heavy atom. The Kier molecular flexibility index (Phi) is 5.89. The highest BCUT2D eigenvalue weighted by Crippen LogP contribution is 2.23. The van der Waals surface area contributed by atoms with E-state index in [0.29, 0.717) is 18.0 Å². The molecule has 152 valence electrons. The second-order valence-corrected chi connectivity index (χ2v) is 8.30. The molecule has 0 bridgehead atoms. The van der Waals surface area contributed by atoms with Gasteiger partial charge in [0.25, 0.3) is 5.91 Å². The number of benzene rings is 1. The number of rotatable bonds is 6. The van der Waals surface area contributed by atoms with Gasteiger partial charge in [-0.3, -0.25) is 9.69 Å². The lowest BCUT2D eigenvalue weighted by atomic mass is 10.2. The number of aryl methyl sites for hydroxylation is 1. The minimum atomic E-state index is -0.402. The Bertz CT molecular complexity index is 884. The molecule has 2 fully saturated rings. The number of nitrogens with zero attached hydrogens (tertiary/aromatic N) is 2. The molecule has 0 radical (unpaired) electrons. The van der Waals surface area contributed by atoms with E-state index in [9.17, 15) is 9.59 Å². The summed E-state index contributed by atoms with van der Waals surface area (Å²) in [5.74, 6) is 2.25. The van der Waals surface area contributed by atoms with E-state index in [-0.39, 0.29) is 18.6 Å². The Labute approximate surface area is 173 Å². The quantitative estimate of drug-likeness (QED) is 0.784. The molecule has 2 aliphatic heterocycles. The number of hydrogen-bond acceptors (Lipinski definition) is 6. The van der Waals surface area contributed by atoms with E-state index in [2.05, 4.69) is 10.3 Å². The smallest absolute Gasteiger partial charge is 0.414 e. The summed E-state index contributed by atoms with van der Waals surface area (Å²) >= 11 is 1.86. The summed E-state index contributed by atoms with van der Waals surface area (Å²) in [5, 5.41) is 2.83. The molecule has 4 rings (SSSR count). The average molecular weight is 413 g/mol. The third kappa shape index (κ3) is 4.82. The summed E-state index contributed by atoms with van der Waals surface area (Å²) in [6.45, 7) is 2.63. The van der Waals surface area contributed by atoms with E-state index >= 15 is 0 Å². The van der Waals surface area contributed by atoms with E-state index in [1.54, 1.807) is 23.2 Å². The lowest BCUT2D eigenvalue weighted by Gasteiger charge is -2.14. The topological polar surface area (TPSA) is 80.8 Å². The second kappa shape index (κ2) is 8.73. The maximum absolute atomic E-state index is 12.5. The van der Waals surface area contributed by atoms with Crippen molar-refractivity contribution in [2.24, 2.45) is 0 Å². The first-order valence-corrected chi connectivity index (χ1v) is 10.8. The molecule has 1 aromatic carbocycles. The molecule has 0 aliphatic carbocycles. The van der Waals surface area contributed by atoms with Crippen molar-refractivity contribution < 1.29 is 19.1 Å². The van der Waals surface area contributed by atoms with Crippen molar-refractivity contribution in [3.8, 4) is 5.88 Å². The highest BCUT2D eigenvalue weighted by Gasteiger charge is 2.32. The van der Waals surface area contributed by atoms with Gasteiger partial charge in [0.1, 0.15) is 12.2 Å². The third-order valence-electron chi connectivity index (χ3n) is 4.88. The van der Waals surface area contributed by atoms with Crippen LogP contribution < -0.4 is 15.0 Å². The molecule has 1 N–H and O–H groups in total. The van der Waals surface area contributed by atoms with Crippen LogP contribution in [0.2, 0.25) is 0 Å². The summed E-state index contributed by atoms with van der Waals surface area (Å²) < 4.78 is 11.2. The van der Waals surface area contributed by atoms with Crippen LogP contribution in [0.3, 0.4) is 0 Å². The van der Waals surface area contributed by atoms with Crippen molar-refractivity contribution in [3.05, 3.63) is 53.7 Å². The number of cyclic esters (lactones) is 1. The number of carbonyl (C=O) groups excluding carboxylic acids is 2. The van der Waals surface area contributed by atoms with Crippen molar-refractivity contribution >= 4 is 29.4 Å². The Morgan fingerprint density at radius 2 is 2.17 bits per heavy atom. The van der Waals surface area contributed by atoms with Crippen LogP contribution in [0.25, 0.3) is 0 Å². The molecule has 3 heterocycles. The number of carbonyl (C=O) groups is 2. The van der Waals surface area contributed by atoms with E-state index in [1.807, 2.05) is 43.0 Å². The zero-order valence-electron chi connectivity index (χ0n) is 16.2. The molecular formula is C21H23N3O4S. The number of anilines is 1. The van der Waals surface area contributed by atoms with Crippen LogP contribution in [0.5, 0.6) is 5.88 Å². The Hall–Kier alpha value is -2.74. The van der Waals surface area contributed by atoms with Crippen LogP contribution >= 0.6 is 11.8 Å². The summed E-state index contributed by atoms with van der Waals surface area (Å²) in [5.41, 5.74) is 2.38. The van der Waals surface area contributed by atoms with Crippen molar-refractivity contribution in [1.29, 1.82) is 0 Å². The number of hydrogen-bond donors (Lipinski definition) is 1. The van der Waals surface area contributed by atoms with E-state index in [0.717, 1.165) is 29.2 Å². The number of pyridine rings is 1. The minimum absolute atomic E-state index is 0.150. The number of aromatic nitrogens is 1. The molecule has 1 aromatic heterocycles. The molecule has 2 amide bonds. The predicted molar refractivity (Wildman–Crippen MR) is 112 cm³/mol. The fourth-order valence-electron chi connectivity index (χ4n) is 3.26. The number of amides is 2. The minimum Gasteiger partial charge on any atom is -0.473 e. The van der Waals surface area contributed by atoms with Gasteiger partial charge in [-0.05, 0) is 37.3 Å². The van der Waals surface area contributed by atoms with Gasteiger partial charge in [-0.2, -0.15) is 11.8 Å². The van der Waals surface area contributed by atoms with Crippen molar-refractivity contribution in [3.63, 3.8) is 0 Å². The van der Waals surface area contributed by atoms with Crippen LogP contribution in [-0.2, 0) is 4.74 Å². The molecule has 2 atom stereocenters. The molecule has 8 heteroatoms. The molecule has 0 spiro atoms. The van der Waals surface area contributed by atoms with Gasteiger partial charge in [-0.15, -0.1) is 0 Å². The largest absolute Gasteiger partial charge is 0.473 e. The zero-order chi connectivity index (χ0) is 20.2. The van der Waals surface area contributed by atoms with Gasteiger partial charge in [-0.1, -0.05) is 17.7 Å². The molecule has 2 aromatic rings. The molecule has 2 aliphatic rings. The summed E-state index contributed by atoms with van der Waals surface area (Å²) in [7, 11) is 0. The Balaban J connectivity index is 1.31. The lowest BCUT2D eigenvalue weighted by molar-refractivity contribution is 0.0915. The molecule has 29 heavy (non-hydrogen) atoms. The van der Waals surface area contributed by atoms with E-state index in [1.165, 1.54) is 0 Å². The maximum atomic E-state index is 12.5.